The Kier molecular flexibility index (Phi) is 4.72. The Morgan fingerprint density at radius 3 is 2.38 bits per heavy atom. The maximum atomic E-state index is 12.2. The third-order valence-corrected chi connectivity index (χ3v) is 3.08. The standard InChI is InChI=1S/C13H16F3NO4/c1-12(2,11(19)20-3)10(17)7-5-4-6-8(9(7)18)21-13(14,15)16/h4-6,10,18H,17H2,1-3H3/t10-/m0/s1. The number of benzene rings is 1. The average Bonchev–Trinajstić information content (AvgIpc) is 2.37. The number of carbonyl (C=O) groups excluding carboxylic acids is 1. The molecule has 0 unspecified atom stereocenters. The van der Waals surface area contributed by atoms with E-state index in [0.717, 1.165) is 6.07 Å². The Labute approximate surface area is 119 Å². The van der Waals surface area contributed by atoms with E-state index in [0.29, 0.717) is 0 Å². The molecule has 0 bridgehead atoms. The normalized spacial score (nSPS) is 13.7. The minimum Gasteiger partial charge on any atom is -0.504 e. The summed E-state index contributed by atoms with van der Waals surface area (Å²) >= 11 is 0. The Morgan fingerprint density at radius 2 is 1.90 bits per heavy atom. The minimum atomic E-state index is -4.95. The number of rotatable bonds is 4. The molecule has 0 fully saturated rings. The summed E-state index contributed by atoms with van der Waals surface area (Å²) in [6.45, 7) is 2.92. The van der Waals surface area contributed by atoms with Gasteiger partial charge in [0.2, 0.25) is 0 Å². The van der Waals surface area contributed by atoms with E-state index in [1.54, 1.807) is 0 Å². The van der Waals surface area contributed by atoms with E-state index in [4.69, 9.17) is 5.73 Å². The quantitative estimate of drug-likeness (QED) is 0.835. The fourth-order valence-electron chi connectivity index (χ4n) is 1.78. The lowest BCUT2D eigenvalue weighted by Crippen LogP contribution is -2.37. The third kappa shape index (κ3) is 3.78. The summed E-state index contributed by atoms with van der Waals surface area (Å²) in [6.07, 6.45) is -4.95. The van der Waals surface area contributed by atoms with Crippen molar-refractivity contribution in [3.63, 3.8) is 0 Å². The van der Waals surface area contributed by atoms with Gasteiger partial charge in [0, 0.05) is 11.6 Å². The van der Waals surface area contributed by atoms with Crippen LogP contribution in [-0.2, 0) is 9.53 Å². The second-order valence-electron chi connectivity index (χ2n) is 4.93. The number of esters is 1. The smallest absolute Gasteiger partial charge is 0.504 e. The zero-order valence-corrected chi connectivity index (χ0v) is 11.7. The van der Waals surface area contributed by atoms with Gasteiger partial charge < -0.3 is 20.3 Å². The van der Waals surface area contributed by atoms with Crippen LogP contribution < -0.4 is 10.5 Å². The predicted octanol–water partition coefficient (Wildman–Crippen LogP) is 2.49. The van der Waals surface area contributed by atoms with Gasteiger partial charge in [-0.1, -0.05) is 12.1 Å². The van der Waals surface area contributed by atoms with Crippen molar-refractivity contribution < 1.29 is 32.5 Å². The van der Waals surface area contributed by atoms with Crippen molar-refractivity contribution in [3.8, 4) is 11.5 Å². The molecule has 0 amide bonds. The number of methoxy groups -OCH3 is 1. The predicted molar refractivity (Wildman–Crippen MR) is 67.5 cm³/mol. The second-order valence-corrected chi connectivity index (χ2v) is 4.93. The third-order valence-electron chi connectivity index (χ3n) is 3.08. The van der Waals surface area contributed by atoms with E-state index in [2.05, 4.69) is 9.47 Å². The van der Waals surface area contributed by atoms with E-state index in [9.17, 15) is 23.1 Å². The van der Waals surface area contributed by atoms with Crippen LogP contribution >= 0.6 is 0 Å². The van der Waals surface area contributed by atoms with Crippen LogP contribution in [-0.4, -0.2) is 24.5 Å². The van der Waals surface area contributed by atoms with Gasteiger partial charge in [0.15, 0.2) is 11.5 Å². The van der Waals surface area contributed by atoms with Gasteiger partial charge in [-0.05, 0) is 19.9 Å². The number of phenols is 1. The van der Waals surface area contributed by atoms with Crippen molar-refractivity contribution in [1.29, 1.82) is 0 Å². The molecule has 118 valence electrons. The summed E-state index contributed by atoms with van der Waals surface area (Å²) < 4.78 is 45.0. The minimum absolute atomic E-state index is 0.0489. The number of aromatic hydroxyl groups is 1. The van der Waals surface area contributed by atoms with Crippen molar-refractivity contribution in [1.82, 2.24) is 0 Å². The van der Waals surface area contributed by atoms with E-state index >= 15 is 0 Å². The van der Waals surface area contributed by atoms with Gasteiger partial charge in [0.05, 0.1) is 12.5 Å². The van der Waals surface area contributed by atoms with E-state index in [1.165, 1.54) is 33.1 Å². The highest BCUT2D eigenvalue weighted by Crippen LogP contribution is 2.41. The van der Waals surface area contributed by atoms with Crippen molar-refractivity contribution in [2.45, 2.75) is 26.3 Å². The summed E-state index contributed by atoms with van der Waals surface area (Å²) in [5, 5.41) is 9.88. The highest BCUT2D eigenvalue weighted by atomic mass is 19.4. The molecule has 1 aromatic carbocycles. The molecule has 0 heterocycles. The van der Waals surface area contributed by atoms with E-state index in [1.807, 2.05) is 0 Å². The Morgan fingerprint density at radius 1 is 1.33 bits per heavy atom. The van der Waals surface area contributed by atoms with Crippen molar-refractivity contribution in [2.24, 2.45) is 11.1 Å². The van der Waals surface area contributed by atoms with Gasteiger partial charge in [0.1, 0.15) is 0 Å². The zero-order chi connectivity index (χ0) is 16.4. The molecule has 1 aromatic rings. The molecular weight excluding hydrogens is 291 g/mol. The molecule has 21 heavy (non-hydrogen) atoms. The lowest BCUT2D eigenvalue weighted by Gasteiger charge is -2.29. The molecule has 3 N–H and O–H groups in total. The fraction of sp³-hybridized carbons (Fsp3) is 0.462. The first-order valence-corrected chi connectivity index (χ1v) is 5.92. The number of carbonyl (C=O) groups is 1. The van der Waals surface area contributed by atoms with E-state index in [-0.39, 0.29) is 5.56 Å². The van der Waals surface area contributed by atoms with Crippen LogP contribution in [0.15, 0.2) is 18.2 Å². The maximum Gasteiger partial charge on any atom is 0.573 e. The van der Waals surface area contributed by atoms with Gasteiger partial charge in [-0.25, -0.2) is 0 Å². The first-order chi connectivity index (χ1) is 9.50. The van der Waals surface area contributed by atoms with Crippen LogP contribution in [0.2, 0.25) is 0 Å². The molecule has 0 radical (unpaired) electrons. The van der Waals surface area contributed by atoms with Gasteiger partial charge in [0.25, 0.3) is 0 Å². The van der Waals surface area contributed by atoms with Crippen molar-refractivity contribution in [2.75, 3.05) is 7.11 Å². The highest BCUT2D eigenvalue weighted by Gasteiger charge is 2.39. The number of halogens is 3. The molecule has 1 rings (SSSR count). The number of nitrogens with two attached hydrogens (primary N) is 1. The Hall–Kier alpha value is -1.96. The van der Waals surface area contributed by atoms with Crippen molar-refractivity contribution in [3.05, 3.63) is 23.8 Å². The number of para-hydroxylation sites is 1. The summed E-state index contributed by atoms with van der Waals surface area (Å²) in [7, 11) is 1.17. The zero-order valence-electron chi connectivity index (χ0n) is 11.7. The molecule has 0 aromatic heterocycles. The molecular formula is C13H16F3NO4. The van der Waals surface area contributed by atoms with Gasteiger partial charge >= 0.3 is 12.3 Å². The number of hydrogen-bond acceptors (Lipinski definition) is 5. The summed E-state index contributed by atoms with van der Waals surface area (Å²) in [4.78, 5) is 11.7. The molecule has 0 aliphatic carbocycles. The number of ether oxygens (including phenoxy) is 2. The van der Waals surface area contributed by atoms with Gasteiger partial charge in [-0.3, -0.25) is 4.79 Å². The van der Waals surface area contributed by atoms with Crippen LogP contribution in [0.1, 0.15) is 25.5 Å². The maximum absolute atomic E-state index is 12.2. The number of alkyl halides is 3. The summed E-state index contributed by atoms with van der Waals surface area (Å²) in [5.74, 6) is -2.20. The molecule has 0 aliphatic heterocycles. The molecule has 0 aliphatic rings. The van der Waals surface area contributed by atoms with Gasteiger partial charge in [-0.15, -0.1) is 13.2 Å². The second kappa shape index (κ2) is 5.80. The average molecular weight is 307 g/mol. The van der Waals surface area contributed by atoms with E-state index < -0.39 is 35.3 Å². The first-order valence-electron chi connectivity index (χ1n) is 5.92. The largest absolute Gasteiger partial charge is 0.573 e. The molecule has 0 saturated carbocycles. The lowest BCUT2D eigenvalue weighted by molar-refractivity contribution is -0.275. The summed E-state index contributed by atoms with van der Waals surface area (Å²) in [5.41, 5.74) is 4.59. The van der Waals surface area contributed by atoms with Crippen LogP contribution in [0, 0.1) is 5.41 Å². The van der Waals surface area contributed by atoms with Crippen LogP contribution in [0.5, 0.6) is 11.5 Å². The summed E-state index contributed by atoms with van der Waals surface area (Å²) in [6, 6.07) is 2.42. The molecule has 0 saturated heterocycles. The Balaban J connectivity index is 3.20. The molecule has 1 atom stereocenters. The monoisotopic (exact) mass is 307 g/mol. The number of hydrogen-bond donors (Lipinski definition) is 2. The lowest BCUT2D eigenvalue weighted by atomic mass is 9.80. The Bertz CT molecular complexity index is 529. The molecule has 5 nitrogen and oxygen atoms in total. The van der Waals surface area contributed by atoms with Gasteiger partial charge in [-0.2, -0.15) is 0 Å². The fourth-order valence-corrected chi connectivity index (χ4v) is 1.78. The van der Waals surface area contributed by atoms with Crippen LogP contribution in [0.4, 0.5) is 13.2 Å². The van der Waals surface area contributed by atoms with Crippen LogP contribution in [0.3, 0.4) is 0 Å². The highest BCUT2D eigenvalue weighted by molar-refractivity contribution is 5.77. The first kappa shape index (κ1) is 17.1. The SMILES string of the molecule is COC(=O)C(C)(C)[C@@H](N)c1cccc(OC(F)(F)F)c1O. The number of phenolic OH excluding ortho intramolecular Hbond substituents is 1. The van der Waals surface area contributed by atoms with Crippen molar-refractivity contribution >= 4 is 5.97 Å². The molecule has 8 heteroatoms. The topological polar surface area (TPSA) is 81.8 Å². The molecule has 0 spiro atoms. The van der Waals surface area contributed by atoms with Crippen LogP contribution in [0.25, 0.3) is 0 Å².